The SMILES string of the molecule is CC[C@H]1[C@@H]2C[C@@H]2[C@@H](I)[C@H](N=C(N=C(N)c2c[nH]c3ncc(F)cc23)c2[nH]ccc2F)[C@H]1C(=O)O. The molecule has 0 spiro atoms. The second-order valence-electron chi connectivity index (χ2n) is 8.84. The summed E-state index contributed by atoms with van der Waals surface area (Å²) in [7, 11) is 0. The van der Waals surface area contributed by atoms with Crippen LogP contribution in [0.2, 0.25) is 0 Å². The lowest BCUT2D eigenvalue weighted by Crippen LogP contribution is -2.45. The largest absolute Gasteiger partial charge is 0.481 e. The van der Waals surface area contributed by atoms with Crippen molar-refractivity contribution >= 4 is 51.3 Å². The Morgan fingerprint density at radius 3 is 2.82 bits per heavy atom. The number of carboxylic acids is 1. The van der Waals surface area contributed by atoms with Crippen LogP contribution < -0.4 is 5.73 Å². The number of carboxylic acid groups (broad SMARTS) is 1. The third-order valence-corrected chi connectivity index (χ3v) is 8.61. The summed E-state index contributed by atoms with van der Waals surface area (Å²) in [5.41, 5.74) is 7.11. The molecule has 5 N–H and O–H groups in total. The van der Waals surface area contributed by atoms with Gasteiger partial charge in [-0.3, -0.25) is 9.79 Å². The van der Waals surface area contributed by atoms with E-state index >= 15 is 0 Å². The summed E-state index contributed by atoms with van der Waals surface area (Å²) in [6.07, 6.45) is 5.76. The number of amidine groups is 2. The van der Waals surface area contributed by atoms with E-state index in [9.17, 15) is 18.7 Å². The highest BCUT2D eigenvalue weighted by Crippen LogP contribution is 2.59. The summed E-state index contributed by atoms with van der Waals surface area (Å²) in [6.45, 7) is 2.00. The minimum atomic E-state index is -0.908. The number of pyridine rings is 1. The van der Waals surface area contributed by atoms with Crippen molar-refractivity contribution in [3.05, 3.63) is 53.6 Å². The quantitative estimate of drug-likeness (QED) is 0.158. The molecule has 3 aromatic heterocycles. The van der Waals surface area contributed by atoms with Crippen molar-refractivity contribution in [2.75, 3.05) is 0 Å². The highest BCUT2D eigenvalue weighted by atomic mass is 127. The molecule has 2 aliphatic carbocycles. The molecule has 34 heavy (non-hydrogen) atoms. The maximum atomic E-state index is 14.6. The van der Waals surface area contributed by atoms with E-state index in [0.29, 0.717) is 28.4 Å². The highest BCUT2D eigenvalue weighted by Gasteiger charge is 2.59. The fourth-order valence-electron chi connectivity index (χ4n) is 5.28. The van der Waals surface area contributed by atoms with E-state index in [2.05, 4.69) is 42.5 Å². The summed E-state index contributed by atoms with van der Waals surface area (Å²) in [5.74, 6) is -2.00. The molecule has 2 saturated carbocycles. The average molecular weight is 580 g/mol. The molecule has 3 heterocycles. The van der Waals surface area contributed by atoms with Gasteiger partial charge in [0.2, 0.25) is 0 Å². The summed E-state index contributed by atoms with van der Waals surface area (Å²) in [6, 6.07) is 1.93. The first-order valence-corrected chi connectivity index (χ1v) is 12.3. The van der Waals surface area contributed by atoms with E-state index < -0.39 is 29.6 Å². The molecular formula is C23H23F2IN6O2. The predicted octanol–water partition coefficient (Wildman–Crippen LogP) is 3.87. The van der Waals surface area contributed by atoms with Gasteiger partial charge in [0, 0.05) is 27.3 Å². The molecule has 178 valence electrons. The number of halogens is 3. The van der Waals surface area contributed by atoms with Gasteiger partial charge in [0.05, 0.1) is 18.2 Å². The van der Waals surface area contributed by atoms with Crippen LogP contribution in [0, 0.1) is 35.3 Å². The molecule has 8 nitrogen and oxygen atoms in total. The van der Waals surface area contributed by atoms with Gasteiger partial charge in [0.25, 0.3) is 0 Å². The van der Waals surface area contributed by atoms with E-state index in [1.165, 1.54) is 18.3 Å². The lowest BCUT2D eigenvalue weighted by Gasteiger charge is -2.36. The van der Waals surface area contributed by atoms with Crippen LogP contribution in [0.3, 0.4) is 0 Å². The zero-order valence-electron chi connectivity index (χ0n) is 18.2. The van der Waals surface area contributed by atoms with Gasteiger partial charge in [-0.25, -0.2) is 18.8 Å². The van der Waals surface area contributed by atoms with E-state index in [1.54, 1.807) is 6.20 Å². The van der Waals surface area contributed by atoms with Crippen LogP contribution in [0.1, 0.15) is 31.0 Å². The zero-order valence-corrected chi connectivity index (χ0v) is 20.3. The standard InChI is InChI=1S/C23H23F2IN6O2/c1-2-10-11-6-12(11)17(26)19(16(10)23(33)34)31-22(18-15(25)3-4-28-18)32-20(27)14-8-30-21-13(14)5-9(24)7-29-21/h3-5,7-8,10-12,16-17,19,28H,2,6H2,1H3,(H,29,30)(H,33,34)(H2,27,31,32)/t10-,11-,12-,16-,17+,19+/m0/s1. The number of fused-ring (bicyclic) bond motifs is 2. The van der Waals surface area contributed by atoms with E-state index in [0.717, 1.165) is 19.0 Å². The van der Waals surface area contributed by atoms with Crippen LogP contribution in [0.4, 0.5) is 8.78 Å². The number of nitrogens with two attached hydrogens (primary N) is 1. The van der Waals surface area contributed by atoms with Gasteiger partial charge >= 0.3 is 5.97 Å². The van der Waals surface area contributed by atoms with Gasteiger partial charge in [-0.2, -0.15) is 0 Å². The van der Waals surface area contributed by atoms with E-state index in [1.807, 2.05) is 6.92 Å². The molecule has 6 atom stereocenters. The minimum Gasteiger partial charge on any atom is -0.481 e. The first kappa shape index (κ1) is 22.9. The Balaban J connectivity index is 1.62. The lowest BCUT2D eigenvalue weighted by atomic mass is 9.74. The third kappa shape index (κ3) is 3.89. The second kappa shape index (κ2) is 8.75. The molecule has 0 aliphatic heterocycles. The second-order valence-corrected chi connectivity index (χ2v) is 10.3. The molecule has 0 radical (unpaired) electrons. The van der Waals surface area contributed by atoms with Crippen molar-refractivity contribution in [3.63, 3.8) is 0 Å². The number of aromatic nitrogens is 3. The lowest BCUT2D eigenvalue weighted by molar-refractivity contribution is -0.145. The molecule has 0 amide bonds. The molecule has 3 aromatic rings. The fraction of sp³-hybridized carbons (Fsp3) is 0.391. The summed E-state index contributed by atoms with van der Waals surface area (Å²) in [5, 5.41) is 10.5. The van der Waals surface area contributed by atoms with Gasteiger partial charge in [-0.15, -0.1) is 0 Å². The smallest absolute Gasteiger partial charge is 0.309 e. The number of alkyl halides is 1. The van der Waals surface area contributed by atoms with Crippen molar-refractivity contribution in [3.8, 4) is 0 Å². The van der Waals surface area contributed by atoms with Crippen LogP contribution >= 0.6 is 22.6 Å². The summed E-state index contributed by atoms with van der Waals surface area (Å²) >= 11 is 2.27. The average Bonchev–Trinajstić information content (AvgIpc) is 3.31. The van der Waals surface area contributed by atoms with Gasteiger partial charge in [-0.05, 0) is 36.3 Å². The molecule has 0 unspecified atom stereocenters. The fourth-order valence-corrected chi connectivity index (χ4v) is 6.71. The van der Waals surface area contributed by atoms with Gasteiger partial charge in [0.1, 0.15) is 23.0 Å². The Morgan fingerprint density at radius 1 is 1.35 bits per heavy atom. The zero-order chi connectivity index (χ0) is 24.1. The van der Waals surface area contributed by atoms with Crippen LogP contribution in [-0.2, 0) is 4.79 Å². The topological polar surface area (TPSA) is 133 Å². The third-order valence-electron chi connectivity index (χ3n) is 6.95. The van der Waals surface area contributed by atoms with Crippen molar-refractivity contribution in [2.24, 2.45) is 39.4 Å². The van der Waals surface area contributed by atoms with E-state index in [-0.39, 0.29) is 27.2 Å². The van der Waals surface area contributed by atoms with Crippen LogP contribution in [-0.4, -0.2) is 47.7 Å². The summed E-state index contributed by atoms with van der Waals surface area (Å²) in [4.78, 5) is 31.2. The maximum Gasteiger partial charge on any atom is 0.309 e. The van der Waals surface area contributed by atoms with E-state index in [4.69, 9.17) is 10.7 Å². The maximum absolute atomic E-state index is 14.6. The molecule has 0 aromatic carbocycles. The normalized spacial score (nSPS) is 29.3. The first-order chi connectivity index (χ1) is 16.3. The monoisotopic (exact) mass is 580 g/mol. The molecule has 0 saturated heterocycles. The highest BCUT2D eigenvalue weighted by molar-refractivity contribution is 14.1. The number of hydrogen-bond acceptors (Lipinski definition) is 3. The number of aliphatic imine (C=N–C) groups is 2. The Hall–Kier alpha value is -2.83. The molecule has 2 fully saturated rings. The number of aliphatic carboxylic acids is 1. The Morgan fingerprint density at radius 2 is 2.15 bits per heavy atom. The van der Waals surface area contributed by atoms with Crippen LogP contribution in [0.15, 0.2) is 40.7 Å². The number of nitrogens with zero attached hydrogens (tertiary/aromatic N) is 3. The van der Waals surface area contributed by atoms with Gasteiger partial charge in [0.15, 0.2) is 11.7 Å². The minimum absolute atomic E-state index is 0.000924. The Labute approximate surface area is 207 Å². The summed E-state index contributed by atoms with van der Waals surface area (Å²) < 4.78 is 28.4. The first-order valence-electron chi connectivity index (χ1n) is 11.0. The van der Waals surface area contributed by atoms with Crippen molar-refractivity contribution < 1.29 is 18.7 Å². The van der Waals surface area contributed by atoms with Crippen molar-refractivity contribution in [1.82, 2.24) is 15.0 Å². The molecule has 0 bridgehead atoms. The Kier molecular flexibility index (Phi) is 5.90. The van der Waals surface area contributed by atoms with Crippen LogP contribution in [0.5, 0.6) is 0 Å². The van der Waals surface area contributed by atoms with Gasteiger partial charge in [-0.1, -0.05) is 35.9 Å². The number of nitrogens with one attached hydrogen (secondary N) is 2. The Bertz CT molecular complexity index is 1320. The number of aromatic amines is 2. The predicted molar refractivity (Wildman–Crippen MR) is 132 cm³/mol. The molecule has 11 heteroatoms. The molecule has 2 aliphatic rings. The van der Waals surface area contributed by atoms with Gasteiger partial charge < -0.3 is 20.8 Å². The number of hydrogen-bond donors (Lipinski definition) is 4. The number of carbonyl (C=O) groups is 1. The number of rotatable bonds is 5. The van der Waals surface area contributed by atoms with Crippen LogP contribution in [0.25, 0.3) is 11.0 Å². The van der Waals surface area contributed by atoms with Crippen molar-refractivity contribution in [1.29, 1.82) is 0 Å². The molecule has 5 rings (SSSR count). The molecular weight excluding hydrogens is 557 g/mol. The van der Waals surface area contributed by atoms with Crippen molar-refractivity contribution in [2.45, 2.75) is 29.7 Å². The number of H-pyrrole nitrogens is 2.